The zero-order valence-electron chi connectivity index (χ0n) is 14.7. The quantitative estimate of drug-likeness (QED) is 0.936. The molecule has 1 aromatic carbocycles. The molecule has 130 valence electrons. The van der Waals surface area contributed by atoms with E-state index in [1.807, 2.05) is 30.0 Å². The first-order valence-corrected chi connectivity index (χ1v) is 9.17. The molecule has 0 unspecified atom stereocenters. The summed E-state index contributed by atoms with van der Waals surface area (Å²) in [6, 6.07) is 10.5. The Morgan fingerprint density at radius 2 is 1.88 bits per heavy atom. The van der Waals surface area contributed by atoms with Crippen molar-refractivity contribution in [3.05, 3.63) is 52.7 Å². The minimum Gasteiger partial charge on any atom is -0.366 e. The molecular formula is C20H24N4O. The van der Waals surface area contributed by atoms with Gasteiger partial charge in [-0.25, -0.2) is 0 Å². The van der Waals surface area contributed by atoms with Crippen LogP contribution in [0.5, 0.6) is 0 Å². The number of carbonyl (C=O) groups excluding carboxylic acids is 1. The summed E-state index contributed by atoms with van der Waals surface area (Å²) in [7, 11) is 0. The molecule has 1 amide bonds. The highest BCUT2D eigenvalue weighted by atomic mass is 16.2. The van der Waals surface area contributed by atoms with E-state index < -0.39 is 0 Å². The molecule has 1 fully saturated rings. The van der Waals surface area contributed by atoms with Gasteiger partial charge in [0, 0.05) is 24.7 Å². The zero-order chi connectivity index (χ0) is 17.2. The van der Waals surface area contributed by atoms with Crippen LogP contribution >= 0.6 is 0 Å². The van der Waals surface area contributed by atoms with Crippen molar-refractivity contribution in [2.45, 2.75) is 45.1 Å². The number of carbonyl (C=O) groups is 1. The molecule has 1 aliphatic carbocycles. The molecule has 5 nitrogen and oxygen atoms in total. The Morgan fingerprint density at radius 3 is 2.64 bits per heavy atom. The summed E-state index contributed by atoms with van der Waals surface area (Å²) < 4.78 is 0. The molecule has 2 heterocycles. The average Bonchev–Trinajstić information content (AvgIpc) is 3.11. The van der Waals surface area contributed by atoms with Gasteiger partial charge in [-0.2, -0.15) is 5.10 Å². The second-order valence-electron chi connectivity index (χ2n) is 7.11. The number of aryl methyl sites for hydroxylation is 3. The van der Waals surface area contributed by atoms with Crippen LogP contribution in [0.15, 0.2) is 30.3 Å². The molecule has 0 saturated carbocycles. The standard InChI is InChI=1S/C20H24N4O/c1-14-5-8-19(23-22-14)21-18-9-11-24(12-10-18)20(25)17-7-6-15-3-2-4-16(15)13-17/h5-8,13,18H,2-4,9-12H2,1H3,(H,21,23). The number of rotatable bonds is 3. The van der Waals surface area contributed by atoms with Crippen LogP contribution in [0.3, 0.4) is 0 Å². The lowest BCUT2D eigenvalue weighted by atomic mass is 10.0. The number of benzene rings is 1. The van der Waals surface area contributed by atoms with E-state index in [-0.39, 0.29) is 5.91 Å². The van der Waals surface area contributed by atoms with E-state index in [1.165, 1.54) is 17.5 Å². The highest BCUT2D eigenvalue weighted by Crippen LogP contribution is 2.24. The molecule has 1 saturated heterocycles. The van der Waals surface area contributed by atoms with Crippen molar-refractivity contribution in [3.8, 4) is 0 Å². The van der Waals surface area contributed by atoms with E-state index in [0.29, 0.717) is 6.04 Å². The third-order valence-electron chi connectivity index (χ3n) is 5.28. The van der Waals surface area contributed by atoms with Crippen LogP contribution in [-0.4, -0.2) is 40.1 Å². The summed E-state index contributed by atoms with van der Waals surface area (Å²) >= 11 is 0. The Kier molecular flexibility index (Phi) is 4.38. The highest BCUT2D eigenvalue weighted by Gasteiger charge is 2.24. The molecule has 1 aliphatic heterocycles. The molecule has 1 N–H and O–H groups in total. The van der Waals surface area contributed by atoms with Gasteiger partial charge < -0.3 is 10.2 Å². The molecule has 1 aromatic heterocycles. The largest absolute Gasteiger partial charge is 0.366 e. The van der Waals surface area contributed by atoms with Crippen LogP contribution in [0.25, 0.3) is 0 Å². The summed E-state index contributed by atoms with van der Waals surface area (Å²) in [4.78, 5) is 14.8. The van der Waals surface area contributed by atoms with E-state index in [1.54, 1.807) is 0 Å². The van der Waals surface area contributed by atoms with Crippen LogP contribution in [-0.2, 0) is 12.8 Å². The molecule has 2 aliphatic rings. The van der Waals surface area contributed by atoms with Crippen molar-refractivity contribution in [1.82, 2.24) is 15.1 Å². The fraction of sp³-hybridized carbons (Fsp3) is 0.450. The lowest BCUT2D eigenvalue weighted by Gasteiger charge is -2.32. The molecule has 2 aromatic rings. The fourth-order valence-electron chi connectivity index (χ4n) is 3.80. The summed E-state index contributed by atoms with van der Waals surface area (Å²) in [6.07, 6.45) is 5.35. The van der Waals surface area contributed by atoms with E-state index >= 15 is 0 Å². The summed E-state index contributed by atoms with van der Waals surface area (Å²) in [5.41, 5.74) is 4.54. The van der Waals surface area contributed by atoms with Gasteiger partial charge >= 0.3 is 0 Å². The van der Waals surface area contributed by atoms with Crippen molar-refractivity contribution in [2.24, 2.45) is 0 Å². The number of nitrogens with one attached hydrogen (secondary N) is 1. The number of aromatic nitrogens is 2. The predicted octanol–water partition coefficient (Wildman–Crippen LogP) is 2.99. The Morgan fingerprint density at radius 1 is 1.08 bits per heavy atom. The SMILES string of the molecule is Cc1ccc(NC2CCN(C(=O)c3ccc4c(c3)CCC4)CC2)nn1. The van der Waals surface area contributed by atoms with Crippen molar-refractivity contribution in [3.63, 3.8) is 0 Å². The number of amides is 1. The van der Waals surface area contributed by atoms with Gasteiger partial charge in [-0.1, -0.05) is 6.07 Å². The molecule has 25 heavy (non-hydrogen) atoms. The van der Waals surface area contributed by atoms with Crippen LogP contribution in [0.1, 0.15) is 46.4 Å². The van der Waals surface area contributed by atoms with E-state index in [9.17, 15) is 4.79 Å². The number of hydrogen-bond donors (Lipinski definition) is 1. The smallest absolute Gasteiger partial charge is 0.253 e. The Bertz CT molecular complexity index is 764. The topological polar surface area (TPSA) is 58.1 Å². The summed E-state index contributed by atoms with van der Waals surface area (Å²) in [5, 5.41) is 11.7. The number of fused-ring (bicyclic) bond motifs is 1. The lowest BCUT2D eigenvalue weighted by molar-refractivity contribution is 0.0718. The van der Waals surface area contributed by atoms with E-state index in [4.69, 9.17) is 0 Å². The second kappa shape index (κ2) is 6.82. The van der Waals surface area contributed by atoms with Crippen LogP contribution in [0.4, 0.5) is 5.82 Å². The highest BCUT2D eigenvalue weighted by molar-refractivity contribution is 5.94. The van der Waals surface area contributed by atoms with Crippen LogP contribution in [0, 0.1) is 6.92 Å². The second-order valence-corrected chi connectivity index (χ2v) is 7.11. The third-order valence-corrected chi connectivity index (χ3v) is 5.28. The normalized spacial score (nSPS) is 17.4. The number of piperidine rings is 1. The van der Waals surface area contributed by atoms with Crippen molar-refractivity contribution >= 4 is 11.7 Å². The third kappa shape index (κ3) is 3.50. The van der Waals surface area contributed by atoms with E-state index in [2.05, 4.69) is 27.6 Å². The average molecular weight is 336 g/mol. The molecule has 0 atom stereocenters. The molecule has 0 spiro atoms. The summed E-state index contributed by atoms with van der Waals surface area (Å²) in [5.74, 6) is 0.984. The van der Waals surface area contributed by atoms with Gasteiger partial charge in [0.05, 0.1) is 5.69 Å². The monoisotopic (exact) mass is 336 g/mol. The molecule has 0 bridgehead atoms. The molecule has 0 radical (unpaired) electrons. The summed E-state index contributed by atoms with van der Waals surface area (Å²) in [6.45, 7) is 3.50. The Hall–Kier alpha value is -2.43. The van der Waals surface area contributed by atoms with Crippen LogP contribution in [0.2, 0.25) is 0 Å². The van der Waals surface area contributed by atoms with E-state index in [0.717, 1.165) is 55.8 Å². The maximum absolute atomic E-state index is 12.8. The van der Waals surface area contributed by atoms with Gasteiger partial charge in [-0.15, -0.1) is 5.10 Å². The first-order valence-electron chi connectivity index (χ1n) is 9.17. The first-order chi connectivity index (χ1) is 12.2. The number of nitrogens with zero attached hydrogens (tertiary/aromatic N) is 3. The first kappa shape index (κ1) is 16.1. The predicted molar refractivity (Wildman–Crippen MR) is 97.8 cm³/mol. The Labute approximate surface area is 148 Å². The molecular weight excluding hydrogens is 312 g/mol. The minimum absolute atomic E-state index is 0.170. The zero-order valence-corrected chi connectivity index (χ0v) is 14.7. The number of anilines is 1. The maximum atomic E-state index is 12.8. The Balaban J connectivity index is 1.35. The van der Waals surface area contributed by atoms with Gasteiger partial charge in [-0.05, 0) is 74.4 Å². The van der Waals surface area contributed by atoms with Gasteiger partial charge in [0.15, 0.2) is 0 Å². The van der Waals surface area contributed by atoms with Gasteiger partial charge in [0.25, 0.3) is 5.91 Å². The van der Waals surface area contributed by atoms with Crippen molar-refractivity contribution in [1.29, 1.82) is 0 Å². The number of hydrogen-bond acceptors (Lipinski definition) is 4. The fourth-order valence-corrected chi connectivity index (χ4v) is 3.80. The van der Waals surface area contributed by atoms with Crippen molar-refractivity contribution in [2.75, 3.05) is 18.4 Å². The van der Waals surface area contributed by atoms with Gasteiger partial charge in [-0.3, -0.25) is 4.79 Å². The van der Waals surface area contributed by atoms with Gasteiger partial charge in [0.2, 0.25) is 0 Å². The maximum Gasteiger partial charge on any atom is 0.253 e. The van der Waals surface area contributed by atoms with Crippen molar-refractivity contribution < 1.29 is 4.79 Å². The number of likely N-dealkylation sites (tertiary alicyclic amines) is 1. The minimum atomic E-state index is 0.170. The van der Waals surface area contributed by atoms with Crippen LogP contribution < -0.4 is 5.32 Å². The van der Waals surface area contributed by atoms with Gasteiger partial charge in [0.1, 0.15) is 5.82 Å². The lowest BCUT2D eigenvalue weighted by Crippen LogP contribution is -2.42. The molecule has 5 heteroatoms. The molecule has 4 rings (SSSR count).